The number of nitrogens with zero attached hydrogens (tertiary/aromatic N) is 2. The van der Waals surface area contributed by atoms with Crippen LogP contribution in [0.25, 0.3) is 0 Å². The SMILES string of the molecule is CN1CCC(F)C1.CN1CCCC1. The molecule has 2 fully saturated rings. The van der Waals surface area contributed by atoms with Gasteiger partial charge in [0.15, 0.2) is 0 Å². The maximum Gasteiger partial charge on any atom is 0.114 e. The van der Waals surface area contributed by atoms with Crippen LogP contribution in [-0.4, -0.2) is 56.2 Å². The predicted octanol–water partition coefficient (Wildman–Crippen LogP) is 1.37. The van der Waals surface area contributed by atoms with Crippen LogP contribution in [-0.2, 0) is 0 Å². The van der Waals surface area contributed by atoms with E-state index in [0.29, 0.717) is 6.54 Å². The number of hydrogen-bond donors (Lipinski definition) is 0. The van der Waals surface area contributed by atoms with Crippen LogP contribution in [0.4, 0.5) is 4.39 Å². The Morgan fingerprint density at radius 2 is 1.62 bits per heavy atom. The number of likely N-dealkylation sites (tertiary alicyclic amines) is 2. The Morgan fingerprint density at radius 1 is 1.00 bits per heavy atom. The van der Waals surface area contributed by atoms with Crippen LogP contribution >= 0.6 is 0 Å². The van der Waals surface area contributed by atoms with Crippen molar-refractivity contribution in [1.29, 1.82) is 0 Å². The Kier molecular flexibility index (Phi) is 4.67. The Balaban J connectivity index is 0.000000132. The van der Waals surface area contributed by atoms with Crippen molar-refractivity contribution in [2.24, 2.45) is 0 Å². The highest BCUT2D eigenvalue weighted by molar-refractivity contribution is 4.70. The lowest BCUT2D eigenvalue weighted by molar-refractivity contribution is 0.321. The third-order valence-corrected chi connectivity index (χ3v) is 2.66. The second kappa shape index (κ2) is 5.55. The molecule has 0 amide bonds. The lowest BCUT2D eigenvalue weighted by Gasteiger charge is -2.01. The predicted molar refractivity (Wildman–Crippen MR) is 53.7 cm³/mol. The average molecular weight is 188 g/mol. The van der Waals surface area contributed by atoms with Crippen molar-refractivity contribution in [1.82, 2.24) is 9.80 Å². The zero-order valence-electron chi connectivity index (χ0n) is 8.80. The van der Waals surface area contributed by atoms with E-state index in [1.165, 1.54) is 25.9 Å². The Hall–Kier alpha value is -0.150. The summed E-state index contributed by atoms with van der Waals surface area (Å²) in [6, 6.07) is 0. The molecule has 2 aliphatic rings. The van der Waals surface area contributed by atoms with E-state index in [2.05, 4.69) is 11.9 Å². The molecule has 0 aromatic heterocycles. The summed E-state index contributed by atoms with van der Waals surface area (Å²) in [5.41, 5.74) is 0. The number of alkyl halides is 1. The lowest BCUT2D eigenvalue weighted by Crippen LogP contribution is -2.13. The van der Waals surface area contributed by atoms with Crippen LogP contribution in [0.15, 0.2) is 0 Å². The molecule has 0 radical (unpaired) electrons. The van der Waals surface area contributed by atoms with Gasteiger partial charge in [0.25, 0.3) is 0 Å². The Morgan fingerprint density at radius 3 is 1.77 bits per heavy atom. The average Bonchev–Trinajstić information content (AvgIpc) is 2.64. The van der Waals surface area contributed by atoms with Gasteiger partial charge in [-0.2, -0.15) is 0 Å². The molecule has 0 N–H and O–H groups in total. The lowest BCUT2D eigenvalue weighted by atomic mass is 10.4. The van der Waals surface area contributed by atoms with Gasteiger partial charge < -0.3 is 9.80 Å². The van der Waals surface area contributed by atoms with Gasteiger partial charge >= 0.3 is 0 Å². The molecule has 0 aromatic rings. The standard InChI is InChI=1S/C5H10FN.C5H11N/c1-7-3-2-5(6)4-7;1-6-4-2-3-5-6/h5H,2-4H2,1H3;2-5H2,1H3. The number of rotatable bonds is 0. The maximum absolute atomic E-state index is 12.1. The maximum atomic E-state index is 12.1. The minimum Gasteiger partial charge on any atom is -0.306 e. The van der Waals surface area contributed by atoms with Gasteiger partial charge in [-0.15, -0.1) is 0 Å². The fourth-order valence-corrected chi connectivity index (χ4v) is 1.76. The molecular formula is C10H21FN2. The molecular weight excluding hydrogens is 167 g/mol. The summed E-state index contributed by atoms with van der Waals surface area (Å²) in [4.78, 5) is 4.37. The number of halogens is 1. The van der Waals surface area contributed by atoms with Crippen LogP contribution in [0.5, 0.6) is 0 Å². The summed E-state index contributed by atoms with van der Waals surface area (Å²) in [6.07, 6.45) is 3.01. The summed E-state index contributed by atoms with van der Waals surface area (Å²) in [7, 11) is 4.12. The first-order valence-electron chi connectivity index (χ1n) is 5.19. The van der Waals surface area contributed by atoms with Crippen molar-refractivity contribution in [2.45, 2.75) is 25.4 Å². The topological polar surface area (TPSA) is 6.48 Å². The van der Waals surface area contributed by atoms with Crippen LogP contribution in [0, 0.1) is 0 Å². The summed E-state index contributed by atoms with van der Waals surface area (Å²) >= 11 is 0. The number of hydrogen-bond acceptors (Lipinski definition) is 2. The molecule has 2 saturated heterocycles. The molecule has 2 nitrogen and oxygen atoms in total. The summed E-state index contributed by atoms with van der Waals surface area (Å²) in [5.74, 6) is 0. The summed E-state index contributed by atoms with van der Waals surface area (Å²) in [5, 5.41) is 0. The quantitative estimate of drug-likeness (QED) is 0.566. The smallest absolute Gasteiger partial charge is 0.114 e. The fraction of sp³-hybridized carbons (Fsp3) is 1.00. The van der Waals surface area contributed by atoms with E-state index in [1.54, 1.807) is 0 Å². The van der Waals surface area contributed by atoms with E-state index >= 15 is 0 Å². The van der Waals surface area contributed by atoms with Gasteiger partial charge in [0, 0.05) is 13.1 Å². The second-order valence-electron chi connectivity index (χ2n) is 4.16. The normalized spacial score (nSPS) is 30.2. The fourth-order valence-electron chi connectivity index (χ4n) is 1.76. The van der Waals surface area contributed by atoms with Crippen LogP contribution in [0.1, 0.15) is 19.3 Å². The molecule has 1 unspecified atom stereocenters. The zero-order valence-corrected chi connectivity index (χ0v) is 8.80. The van der Waals surface area contributed by atoms with Gasteiger partial charge in [0.05, 0.1) is 0 Å². The molecule has 2 rings (SSSR count). The van der Waals surface area contributed by atoms with Crippen molar-refractivity contribution >= 4 is 0 Å². The molecule has 78 valence electrons. The van der Waals surface area contributed by atoms with E-state index in [4.69, 9.17) is 0 Å². The van der Waals surface area contributed by atoms with Crippen molar-refractivity contribution in [2.75, 3.05) is 40.3 Å². The molecule has 0 spiro atoms. The Bertz CT molecular complexity index is 127. The largest absolute Gasteiger partial charge is 0.306 e. The van der Waals surface area contributed by atoms with Crippen LogP contribution in [0.3, 0.4) is 0 Å². The molecule has 0 aliphatic carbocycles. The minimum absolute atomic E-state index is 0.551. The van der Waals surface area contributed by atoms with Crippen molar-refractivity contribution in [3.8, 4) is 0 Å². The zero-order chi connectivity index (χ0) is 9.68. The van der Waals surface area contributed by atoms with Gasteiger partial charge in [0.2, 0.25) is 0 Å². The first kappa shape index (κ1) is 10.9. The van der Waals surface area contributed by atoms with Gasteiger partial charge in [-0.05, 0) is 46.4 Å². The first-order valence-corrected chi connectivity index (χ1v) is 5.19. The molecule has 2 aliphatic heterocycles. The molecule has 1 atom stereocenters. The Labute approximate surface area is 80.7 Å². The van der Waals surface area contributed by atoms with Gasteiger partial charge in [0.1, 0.15) is 6.17 Å². The first-order chi connectivity index (χ1) is 6.18. The van der Waals surface area contributed by atoms with E-state index in [0.717, 1.165) is 13.0 Å². The van der Waals surface area contributed by atoms with Crippen LogP contribution in [0.2, 0.25) is 0 Å². The van der Waals surface area contributed by atoms with Crippen molar-refractivity contribution in [3.63, 3.8) is 0 Å². The molecule has 0 bridgehead atoms. The minimum atomic E-state index is -0.551. The summed E-state index contributed by atoms with van der Waals surface area (Å²) in [6.45, 7) is 4.21. The second-order valence-corrected chi connectivity index (χ2v) is 4.16. The third-order valence-electron chi connectivity index (χ3n) is 2.66. The van der Waals surface area contributed by atoms with E-state index in [-0.39, 0.29) is 0 Å². The molecule has 3 heteroatoms. The molecule has 0 saturated carbocycles. The van der Waals surface area contributed by atoms with Crippen molar-refractivity contribution in [3.05, 3.63) is 0 Å². The highest BCUT2D eigenvalue weighted by atomic mass is 19.1. The van der Waals surface area contributed by atoms with Gasteiger partial charge in [-0.25, -0.2) is 4.39 Å². The molecule has 2 heterocycles. The van der Waals surface area contributed by atoms with Crippen LogP contribution < -0.4 is 0 Å². The highest BCUT2D eigenvalue weighted by Crippen LogP contribution is 2.08. The summed E-state index contributed by atoms with van der Waals surface area (Å²) < 4.78 is 12.1. The van der Waals surface area contributed by atoms with Gasteiger partial charge in [-0.1, -0.05) is 0 Å². The van der Waals surface area contributed by atoms with Crippen molar-refractivity contribution < 1.29 is 4.39 Å². The molecule has 0 aromatic carbocycles. The van der Waals surface area contributed by atoms with E-state index in [9.17, 15) is 4.39 Å². The van der Waals surface area contributed by atoms with Gasteiger partial charge in [-0.3, -0.25) is 0 Å². The molecule has 13 heavy (non-hydrogen) atoms. The van der Waals surface area contributed by atoms with E-state index in [1.807, 2.05) is 11.9 Å². The third kappa shape index (κ3) is 4.58. The highest BCUT2D eigenvalue weighted by Gasteiger charge is 2.17. The monoisotopic (exact) mass is 188 g/mol. The van der Waals surface area contributed by atoms with E-state index < -0.39 is 6.17 Å².